The number of hydrogen-bond acceptors (Lipinski definition) is 26. The first-order valence-corrected chi connectivity index (χ1v) is 66.9. The van der Waals surface area contributed by atoms with Crippen molar-refractivity contribution in [2.45, 2.75) is 448 Å². The molecule has 0 fully saturated rings. The van der Waals surface area contributed by atoms with E-state index in [2.05, 4.69) is 297 Å². The van der Waals surface area contributed by atoms with Crippen LogP contribution in [0.4, 0.5) is 13.2 Å². The average molecular weight is 2250 g/mol. The molecule has 0 bridgehead atoms. The number of ether oxygens (including phenoxy) is 5. The number of esters is 3. The predicted octanol–water partition coefficient (Wildman–Crippen LogP) is 41.1. The van der Waals surface area contributed by atoms with Crippen molar-refractivity contribution in [1.29, 1.82) is 0 Å². The Morgan fingerprint density at radius 2 is 0.835 bits per heavy atom. The summed E-state index contributed by atoms with van der Waals surface area (Å²) < 4.78 is 60.9. The number of rotatable bonds is 44. The van der Waals surface area contributed by atoms with Crippen LogP contribution in [0.1, 0.15) is 380 Å². The Morgan fingerprint density at radius 3 is 1.04 bits per heavy atom. The van der Waals surface area contributed by atoms with E-state index in [0.29, 0.717) is 66.2 Å². The maximum absolute atomic E-state index is 11.8. The number of carbonyl (C=O) groups is 3. The number of nitrogens with two attached hydrogens (primary N) is 1. The number of nitrogens with zero attached hydrogens (tertiary/aromatic N) is 4. The summed E-state index contributed by atoms with van der Waals surface area (Å²) in [6.45, 7) is 114. The molecule has 0 heterocycles. The van der Waals surface area contributed by atoms with Gasteiger partial charge in [-0.2, -0.15) is 11.8 Å². The molecule has 0 radical (unpaired) electrons. The van der Waals surface area contributed by atoms with E-state index in [9.17, 15) is 37.7 Å². The van der Waals surface area contributed by atoms with Gasteiger partial charge in [0.05, 0.1) is 49.3 Å². The molecule has 0 aromatic heterocycles. The summed E-state index contributed by atoms with van der Waals surface area (Å²) in [6.07, 6.45) is 10.2. The summed E-state index contributed by atoms with van der Waals surface area (Å²) in [6, 6.07) is 10.5. The topological polar surface area (TPSA) is 215 Å². The van der Waals surface area contributed by atoms with Crippen LogP contribution in [-0.4, -0.2) is 170 Å². The maximum Gasteiger partial charge on any atom is 0.308 e. The van der Waals surface area contributed by atoms with Gasteiger partial charge in [0.2, 0.25) is 12.0 Å². The van der Waals surface area contributed by atoms with Crippen molar-refractivity contribution in [3.8, 4) is 0 Å². The number of benzene rings is 1. The first-order valence-electron chi connectivity index (χ1n) is 49.9. The molecule has 32 heteroatoms. The maximum atomic E-state index is 11.8. The third-order valence-corrected chi connectivity index (χ3v) is 32.8. The smallest absolute Gasteiger partial charge is 0.308 e. The van der Waals surface area contributed by atoms with Crippen LogP contribution in [0.25, 0.3) is 10.4 Å². The van der Waals surface area contributed by atoms with Crippen molar-refractivity contribution in [3.05, 3.63) is 76.2 Å². The highest BCUT2D eigenvalue weighted by Crippen LogP contribution is 2.36. The van der Waals surface area contributed by atoms with Crippen LogP contribution in [-0.2, 0) is 38.1 Å². The van der Waals surface area contributed by atoms with Crippen molar-refractivity contribution < 1.29 is 56.2 Å². The molecule has 0 saturated carbocycles. The molecule has 15 nitrogen and oxygen atoms in total. The predicted molar refractivity (Wildman–Crippen MR) is 665 cm³/mol. The first kappa shape index (κ1) is 181. The van der Waals surface area contributed by atoms with Gasteiger partial charge in [0.25, 0.3) is 0 Å². The Hall–Kier alpha value is 0.390. The average Bonchev–Trinajstić information content (AvgIpc) is 0.952. The monoisotopic (exact) mass is 2250 g/mol. The number of halogens is 3. The Morgan fingerprint density at radius 1 is 0.489 bits per heavy atom. The zero-order valence-electron chi connectivity index (χ0n) is 98.9. The molecule has 0 aliphatic heterocycles. The van der Waals surface area contributed by atoms with Crippen molar-refractivity contribution in [2.75, 3.05) is 84.9 Å². The highest BCUT2D eigenvalue weighted by molar-refractivity contribution is 8.78. The summed E-state index contributed by atoms with van der Waals surface area (Å²) in [7, 11) is 22.8. The van der Waals surface area contributed by atoms with Crippen LogP contribution < -0.4 is 5.73 Å². The normalized spacial score (nSPS) is 11.2. The van der Waals surface area contributed by atoms with Gasteiger partial charge in [0, 0.05) is 96.6 Å². The van der Waals surface area contributed by atoms with Crippen molar-refractivity contribution >= 4 is 171 Å². The molecule has 4 atom stereocenters. The zero-order chi connectivity index (χ0) is 113. The van der Waals surface area contributed by atoms with E-state index >= 15 is 0 Å². The van der Waals surface area contributed by atoms with E-state index in [1.807, 2.05) is 196 Å². The lowest BCUT2D eigenvalue weighted by Gasteiger charge is -2.16. The van der Waals surface area contributed by atoms with Crippen LogP contribution in [0.2, 0.25) is 0 Å². The Bertz CT molecular complexity index is 2540. The zero-order valence-corrected chi connectivity index (χ0v) is 110. The van der Waals surface area contributed by atoms with E-state index in [0.717, 1.165) is 76.9 Å². The summed E-state index contributed by atoms with van der Waals surface area (Å²) in [4.78, 5) is 44.8. The number of alkyl halides is 3. The number of hydrogen-bond donors (Lipinski definition) is 1. The number of carbonyl (C=O) groups excluding carboxylic acids is 3. The first-order chi connectivity index (χ1) is 63.2. The summed E-state index contributed by atoms with van der Waals surface area (Å²) in [5.41, 5.74) is 13.5. The van der Waals surface area contributed by atoms with E-state index in [1.165, 1.54) is 65.4 Å². The quantitative estimate of drug-likeness (QED) is 0.00522. The van der Waals surface area contributed by atoms with Crippen LogP contribution in [0.5, 0.6) is 0 Å². The van der Waals surface area contributed by atoms with E-state index in [-0.39, 0.29) is 53.9 Å². The molecule has 1 aromatic carbocycles. The lowest BCUT2D eigenvalue weighted by Crippen LogP contribution is -2.17. The van der Waals surface area contributed by atoms with Crippen LogP contribution in [0.15, 0.2) is 65.7 Å². The number of thioether (sulfide) groups is 2. The fourth-order valence-corrected chi connectivity index (χ4v) is 19.0. The molecule has 1 aromatic rings. The second kappa shape index (κ2) is 136. The van der Waals surface area contributed by atoms with Gasteiger partial charge in [-0.25, -0.2) is 13.2 Å². The highest BCUT2D eigenvalue weighted by Gasteiger charge is 2.25. The van der Waals surface area contributed by atoms with Crippen LogP contribution >= 0.6 is 153 Å². The van der Waals surface area contributed by atoms with Gasteiger partial charge in [-0.05, 0) is 177 Å². The molecular weight excluding hydrogens is 2020 g/mol. The minimum absolute atomic E-state index is 0. The summed E-state index contributed by atoms with van der Waals surface area (Å²) >= 11 is 3.97. The minimum atomic E-state index is -2.50. The lowest BCUT2D eigenvalue weighted by molar-refractivity contribution is -0.513. The third kappa shape index (κ3) is 246. The molecular formula is C107H230F3N5O10S14. The van der Waals surface area contributed by atoms with Gasteiger partial charge in [-0.15, -0.1) is 18.3 Å². The summed E-state index contributed by atoms with van der Waals surface area (Å²) in [5, 5.41) is 14.5. The molecule has 139 heavy (non-hydrogen) atoms. The van der Waals surface area contributed by atoms with Crippen LogP contribution in [0.3, 0.4) is 0 Å². The van der Waals surface area contributed by atoms with E-state index in [4.69, 9.17) is 25.5 Å². The van der Waals surface area contributed by atoms with Gasteiger partial charge in [0.15, 0.2) is 0 Å². The number of azide groups is 1. The Labute approximate surface area is 921 Å². The fourth-order valence-electron chi connectivity index (χ4n) is 4.93. The molecule has 0 spiro atoms. The molecule has 0 aliphatic rings. The van der Waals surface area contributed by atoms with Crippen molar-refractivity contribution in [3.63, 3.8) is 0 Å². The standard InChI is InChI=1S/C10H14S.C8H18S2.C7H12O2.C7H16OS2.C7H16S2.C7H16S.2C6H12O2.C6H14OS2.C6H14S2.C6H12.C5H10F2.C5H11F.C5H12S2.C5H12.C4H9N3.C3H7NO2.C3H9N.CH4/c1-9(2)8-11-10-6-4-3-5-7-10;1-7(2)6-9-10-8(3,4)5;1-4-5-9-7(8)6(2)3;1-5-9-10-7(4)8-6(2)3;1-6(2)5-8-9-7(3)4;1-5-8-7(4)6(2)3;2*1-4-8-6(7)5(2)3;1-5(2)7-6(3)9-8-4;1-4-7-8-5-6(2)3;1-4-5-6(2)3;1-4(2)5(3,6)7;1-4(2)5(3)6;1-5(2)4-7-6-3;1-4-5(2)3;1-4(2)3-6-7-5;1-3(2)4(5)6;1-3(2)4;/h3-7,9H,8H2,1-2H3;7H,6H2,1-5H3;4,6H,1,5H2,2-3H3;6-7H,5H2,1-4H3;6-7H,5H2,1-4H3;6-7H,5H2,1-4H3;2*5H,4H2,1-3H3;5-6H,1-4H3;6H,4-5H2,1-3H3;4,6H,1,5H2,2-3H3;4H,1-3H3;4-5H,1-3H3;5H,4H2,1-3H3;5H,4H2,1-3H3;4H,3H2,1-2H3;3H,1-2H3;3H,4H2,1-2H3;1H4. The minimum Gasteiger partial charge on any atom is -0.466 e. The van der Waals surface area contributed by atoms with Crippen LogP contribution in [0, 0.1) is 93.0 Å². The van der Waals surface area contributed by atoms with Gasteiger partial charge in [0.1, 0.15) is 17.5 Å². The molecule has 0 aliphatic carbocycles. The second-order valence-electron chi connectivity index (χ2n) is 38.4. The number of allylic oxidation sites excluding steroid dienone is 1. The number of nitro groups is 1. The van der Waals surface area contributed by atoms with Gasteiger partial charge in [-0.1, -0.05) is 462 Å². The molecule has 0 amide bonds. The van der Waals surface area contributed by atoms with Gasteiger partial charge >= 0.3 is 17.9 Å². The SMILES string of the molecule is C.C=CCC(C)C.C=CCOC(=O)C(C)C.CC(C)C(C)(F)F.CC(C)C(C)F.CC(C)CN=[N+]=[N-].CC(C)CSSC(C)(C)C.CC(C)CSSC(C)C.CC(C)CSc1ccccc1.CC(C)N.CC(C)[N+](=O)[O-].CCC(C)C.CCOC(=O)C(C)C.CCOC(=O)C(C)C.CCSC(C)C(C)C.CCSSC(C)OC(C)C.CCSSCC(C)C.CSSC(C)OC(C)C.CSSCC(C)C. The molecule has 0 saturated heterocycles. The Balaban J connectivity index is -0.0000000700. The third-order valence-electron chi connectivity index (χ3n) is 13.3. The molecule has 4 unspecified atom stereocenters. The summed E-state index contributed by atoms with van der Waals surface area (Å²) in [5.74, 6) is 13.8. The largest absolute Gasteiger partial charge is 0.466 e. The van der Waals surface area contributed by atoms with Gasteiger partial charge < -0.3 is 29.4 Å². The fraction of sp³-hybridized carbons (Fsp3) is 0.879. The second-order valence-corrected chi connectivity index (χ2v) is 58.4. The van der Waals surface area contributed by atoms with E-state index in [1.54, 1.807) is 86.9 Å². The van der Waals surface area contributed by atoms with Crippen molar-refractivity contribution in [2.24, 2.45) is 93.7 Å². The van der Waals surface area contributed by atoms with E-state index < -0.39 is 24.1 Å². The molecule has 2 N–H and O–H groups in total. The Kier molecular flexibility index (Phi) is 178. The van der Waals surface area contributed by atoms with Gasteiger partial charge in [-0.3, -0.25) is 24.5 Å². The van der Waals surface area contributed by atoms with Crippen molar-refractivity contribution in [1.82, 2.24) is 0 Å². The lowest BCUT2D eigenvalue weighted by atomic mass is 10.1. The molecule has 1 rings (SSSR count). The highest BCUT2D eigenvalue weighted by atomic mass is 33.1. The molecule has 848 valence electrons.